The predicted molar refractivity (Wildman–Crippen MR) is 76.1 cm³/mol. The SMILES string of the molecule is C[C@]1(C=O)[C@H](O)CC[C@]2(C)[C@H]1CC[C@H]1CCC(=O)[C@@]12C. The van der Waals surface area contributed by atoms with Crippen LogP contribution in [-0.4, -0.2) is 23.3 Å². The van der Waals surface area contributed by atoms with Crippen LogP contribution in [0.25, 0.3) is 0 Å². The Morgan fingerprint density at radius 3 is 2.50 bits per heavy atom. The van der Waals surface area contributed by atoms with E-state index in [-0.39, 0.29) is 16.7 Å². The van der Waals surface area contributed by atoms with E-state index in [0.717, 1.165) is 32.0 Å². The Kier molecular flexibility index (Phi) is 2.96. The van der Waals surface area contributed by atoms with Crippen molar-refractivity contribution in [3.63, 3.8) is 0 Å². The summed E-state index contributed by atoms with van der Waals surface area (Å²) < 4.78 is 0. The van der Waals surface area contributed by atoms with E-state index in [4.69, 9.17) is 0 Å². The molecule has 0 aromatic heterocycles. The van der Waals surface area contributed by atoms with Crippen LogP contribution in [0.2, 0.25) is 0 Å². The molecule has 3 rings (SSSR count). The number of aldehydes is 1. The molecule has 3 saturated carbocycles. The molecule has 0 spiro atoms. The predicted octanol–water partition coefficient (Wildman–Crippen LogP) is 2.75. The van der Waals surface area contributed by atoms with Gasteiger partial charge in [0.2, 0.25) is 0 Å². The third-order valence-electron chi connectivity index (χ3n) is 7.53. The third-order valence-corrected chi connectivity index (χ3v) is 7.53. The lowest BCUT2D eigenvalue weighted by Crippen LogP contribution is -2.62. The number of carbonyl (C=O) groups is 2. The number of hydrogen-bond acceptors (Lipinski definition) is 3. The van der Waals surface area contributed by atoms with Gasteiger partial charge in [0, 0.05) is 11.8 Å². The molecule has 0 amide bonds. The van der Waals surface area contributed by atoms with Gasteiger partial charge in [0.1, 0.15) is 12.1 Å². The second kappa shape index (κ2) is 4.16. The summed E-state index contributed by atoms with van der Waals surface area (Å²) >= 11 is 0. The highest BCUT2D eigenvalue weighted by molar-refractivity contribution is 5.88. The second-order valence-electron chi connectivity index (χ2n) is 7.95. The second-order valence-corrected chi connectivity index (χ2v) is 7.95. The molecule has 6 atom stereocenters. The van der Waals surface area contributed by atoms with Crippen molar-refractivity contribution >= 4 is 12.1 Å². The Morgan fingerprint density at radius 1 is 1.15 bits per heavy atom. The fourth-order valence-corrected chi connectivity index (χ4v) is 5.92. The number of ketones is 1. The first-order valence-electron chi connectivity index (χ1n) is 7.98. The van der Waals surface area contributed by atoms with E-state index in [9.17, 15) is 14.7 Å². The largest absolute Gasteiger partial charge is 0.392 e. The summed E-state index contributed by atoms with van der Waals surface area (Å²) in [5.74, 6) is 0.987. The molecule has 0 aromatic rings. The highest BCUT2D eigenvalue weighted by Gasteiger charge is 2.67. The fraction of sp³-hybridized carbons (Fsp3) is 0.882. The monoisotopic (exact) mass is 278 g/mol. The normalized spacial score (nSPS) is 55.2. The summed E-state index contributed by atoms with van der Waals surface area (Å²) in [6.07, 6.45) is 5.60. The lowest BCUT2D eigenvalue weighted by molar-refractivity contribution is -0.186. The van der Waals surface area contributed by atoms with Gasteiger partial charge in [0.15, 0.2) is 0 Å². The summed E-state index contributed by atoms with van der Waals surface area (Å²) in [6.45, 7) is 6.25. The molecule has 3 nitrogen and oxygen atoms in total. The summed E-state index contributed by atoms with van der Waals surface area (Å²) in [6, 6.07) is 0. The van der Waals surface area contributed by atoms with Crippen LogP contribution >= 0.6 is 0 Å². The minimum absolute atomic E-state index is 0.125. The van der Waals surface area contributed by atoms with E-state index < -0.39 is 11.5 Å². The molecule has 0 bridgehead atoms. The van der Waals surface area contributed by atoms with E-state index in [1.54, 1.807) is 0 Å². The van der Waals surface area contributed by atoms with Gasteiger partial charge in [-0.05, 0) is 49.4 Å². The average molecular weight is 278 g/mol. The van der Waals surface area contributed by atoms with Gasteiger partial charge in [-0.2, -0.15) is 0 Å². The van der Waals surface area contributed by atoms with Crippen LogP contribution in [-0.2, 0) is 9.59 Å². The molecule has 0 aromatic carbocycles. The smallest absolute Gasteiger partial charge is 0.139 e. The standard InChI is InChI=1S/C17H26O3/c1-15(10-18)12-6-4-11-5-7-14(20)17(11,3)16(12,2)9-8-13(15)19/h10-13,19H,4-9H2,1-3H3/t11-,12-,13+,15+,16+,17+/m0/s1. The van der Waals surface area contributed by atoms with Crippen molar-refractivity contribution in [3.05, 3.63) is 0 Å². The molecule has 3 fully saturated rings. The molecule has 1 N–H and O–H groups in total. The van der Waals surface area contributed by atoms with Crippen molar-refractivity contribution in [2.45, 2.75) is 65.4 Å². The van der Waals surface area contributed by atoms with Gasteiger partial charge in [-0.3, -0.25) is 4.79 Å². The Hall–Kier alpha value is -0.700. The summed E-state index contributed by atoms with van der Waals surface area (Å²) in [7, 11) is 0. The van der Waals surface area contributed by atoms with Crippen LogP contribution in [0.4, 0.5) is 0 Å². The van der Waals surface area contributed by atoms with Crippen LogP contribution < -0.4 is 0 Å². The zero-order valence-corrected chi connectivity index (χ0v) is 12.8. The van der Waals surface area contributed by atoms with Gasteiger partial charge >= 0.3 is 0 Å². The van der Waals surface area contributed by atoms with Crippen molar-refractivity contribution in [2.24, 2.45) is 28.1 Å². The molecular weight excluding hydrogens is 252 g/mol. The van der Waals surface area contributed by atoms with Crippen LogP contribution in [0.1, 0.15) is 59.3 Å². The number of Topliss-reactive ketones (excluding diaryl/α,β-unsaturated/α-hetero) is 1. The Bertz CT molecular complexity index is 459. The molecule has 112 valence electrons. The molecular formula is C17H26O3. The minimum Gasteiger partial charge on any atom is -0.392 e. The summed E-state index contributed by atoms with van der Waals surface area (Å²) in [5.41, 5.74) is -1.12. The third kappa shape index (κ3) is 1.40. The number of aliphatic hydroxyl groups is 1. The zero-order chi connectivity index (χ0) is 14.8. The highest BCUT2D eigenvalue weighted by atomic mass is 16.3. The number of hydrogen-bond donors (Lipinski definition) is 1. The molecule has 0 radical (unpaired) electrons. The first kappa shape index (κ1) is 14.2. The molecule has 3 aliphatic carbocycles. The molecule has 20 heavy (non-hydrogen) atoms. The lowest BCUT2D eigenvalue weighted by Gasteiger charge is -2.62. The Morgan fingerprint density at radius 2 is 1.85 bits per heavy atom. The van der Waals surface area contributed by atoms with Crippen LogP contribution in [0.3, 0.4) is 0 Å². The molecule has 0 aliphatic heterocycles. The van der Waals surface area contributed by atoms with Crippen LogP contribution in [0, 0.1) is 28.1 Å². The molecule has 3 heteroatoms. The molecule has 0 saturated heterocycles. The maximum Gasteiger partial charge on any atom is 0.139 e. The van der Waals surface area contributed by atoms with Gasteiger partial charge < -0.3 is 9.90 Å². The lowest BCUT2D eigenvalue weighted by atomic mass is 9.41. The number of carbonyl (C=O) groups excluding carboxylic acids is 2. The zero-order valence-electron chi connectivity index (χ0n) is 12.8. The van der Waals surface area contributed by atoms with E-state index in [1.165, 1.54) is 0 Å². The van der Waals surface area contributed by atoms with Crippen LogP contribution in [0.15, 0.2) is 0 Å². The Balaban J connectivity index is 2.10. The van der Waals surface area contributed by atoms with Gasteiger partial charge in [0.25, 0.3) is 0 Å². The van der Waals surface area contributed by atoms with E-state index in [0.29, 0.717) is 24.5 Å². The maximum absolute atomic E-state index is 12.6. The van der Waals surface area contributed by atoms with Crippen LogP contribution in [0.5, 0.6) is 0 Å². The van der Waals surface area contributed by atoms with Gasteiger partial charge in [-0.1, -0.05) is 20.8 Å². The summed E-state index contributed by atoms with van der Waals surface area (Å²) in [4.78, 5) is 24.3. The van der Waals surface area contributed by atoms with Crippen molar-refractivity contribution in [1.29, 1.82) is 0 Å². The number of fused-ring (bicyclic) bond motifs is 3. The first-order valence-corrected chi connectivity index (χ1v) is 7.98. The molecule has 0 unspecified atom stereocenters. The minimum atomic E-state index is -0.691. The topological polar surface area (TPSA) is 54.4 Å². The average Bonchev–Trinajstić information content (AvgIpc) is 2.73. The molecule has 0 heterocycles. The van der Waals surface area contributed by atoms with Gasteiger partial charge in [0.05, 0.1) is 11.5 Å². The number of rotatable bonds is 1. The van der Waals surface area contributed by atoms with E-state index in [1.807, 2.05) is 6.92 Å². The number of aliphatic hydroxyl groups excluding tert-OH is 1. The van der Waals surface area contributed by atoms with Crippen molar-refractivity contribution < 1.29 is 14.7 Å². The van der Waals surface area contributed by atoms with Gasteiger partial charge in [-0.15, -0.1) is 0 Å². The Labute approximate surface area is 121 Å². The fourth-order valence-electron chi connectivity index (χ4n) is 5.92. The molecule has 3 aliphatic rings. The first-order chi connectivity index (χ1) is 9.30. The van der Waals surface area contributed by atoms with Crippen molar-refractivity contribution in [1.82, 2.24) is 0 Å². The van der Waals surface area contributed by atoms with E-state index >= 15 is 0 Å². The van der Waals surface area contributed by atoms with E-state index in [2.05, 4.69) is 13.8 Å². The highest BCUT2D eigenvalue weighted by Crippen LogP contribution is 2.68. The van der Waals surface area contributed by atoms with Crippen molar-refractivity contribution in [3.8, 4) is 0 Å². The summed E-state index contributed by atoms with van der Waals surface area (Å²) in [5, 5.41) is 10.4. The maximum atomic E-state index is 12.6. The van der Waals surface area contributed by atoms with Crippen molar-refractivity contribution in [2.75, 3.05) is 0 Å². The quantitative estimate of drug-likeness (QED) is 0.750. The van der Waals surface area contributed by atoms with Gasteiger partial charge in [-0.25, -0.2) is 0 Å².